The van der Waals surface area contributed by atoms with E-state index >= 15 is 0 Å². The van der Waals surface area contributed by atoms with Crippen LogP contribution in [0.1, 0.15) is 30.9 Å². The molecule has 3 N–H and O–H groups in total. The predicted octanol–water partition coefficient (Wildman–Crippen LogP) is 2.79. The average molecular weight is 283 g/mol. The van der Waals surface area contributed by atoms with Crippen molar-refractivity contribution in [3.05, 3.63) is 41.5 Å². The Bertz CT molecular complexity index is 610. The monoisotopic (exact) mass is 283 g/mol. The number of anilines is 2. The van der Waals surface area contributed by atoms with Crippen molar-refractivity contribution >= 4 is 11.6 Å². The Balaban J connectivity index is 2.00. The van der Waals surface area contributed by atoms with Crippen LogP contribution in [0.25, 0.3) is 0 Å². The van der Waals surface area contributed by atoms with Gasteiger partial charge < -0.3 is 11.1 Å². The largest absolute Gasteiger partial charge is 0.383 e. The summed E-state index contributed by atoms with van der Waals surface area (Å²) in [6.45, 7) is 3.57. The molecule has 0 radical (unpaired) electrons. The molecule has 0 saturated heterocycles. The Morgan fingerprint density at radius 1 is 1.33 bits per heavy atom. The summed E-state index contributed by atoms with van der Waals surface area (Å²) in [6.07, 6.45) is 2.89. The Kier molecular flexibility index (Phi) is 5.22. The third kappa shape index (κ3) is 3.76. The molecule has 0 aliphatic heterocycles. The van der Waals surface area contributed by atoms with Crippen molar-refractivity contribution in [2.24, 2.45) is 0 Å². The van der Waals surface area contributed by atoms with Crippen molar-refractivity contribution in [2.45, 2.75) is 32.7 Å². The van der Waals surface area contributed by atoms with E-state index in [1.165, 1.54) is 5.56 Å². The van der Waals surface area contributed by atoms with Crippen LogP contribution in [-0.4, -0.2) is 16.3 Å². The maximum atomic E-state index is 9.19. The van der Waals surface area contributed by atoms with Crippen molar-refractivity contribution in [2.75, 3.05) is 17.6 Å². The van der Waals surface area contributed by atoms with Crippen molar-refractivity contribution in [1.82, 2.24) is 9.78 Å². The average Bonchev–Trinajstić information content (AvgIpc) is 2.82. The molecule has 0 saturated carbocycles. The number of nitriles is 1. The van der Waals surface area contributed by atoms with E-state index in [4.69, 9.17) is 5.73 Å². The molecule has 0 unspecified atom stereocenters. The number of benzene rings is 1. The highest BCUT2D eigenvalue weighted by Gasteiger charge is 2.14. The maximum absolute atomic E-state index is 9.19. The molecule has 0 aliphatic carbocycles. The smallest absolute Gasteiger partial charge is 0.168 e. The van der Waals surface area contributed by atoms with Crippen LogP contribution in [0.5, 0.6) is 0 Å². The topological polar surface area (TPSA) is 79.7 Å². The van der Waals surface area contributed by atoms with Crippen molar-refractivity contribution < 1.29 is 0 Å². The second-order valence-electron chi connectivity index (χ2n) is 4.96. The first-order chi connectivity index (χ1) is 10.3. The van der Waals surface area contributed by atoms with E-state index in [9.17, 15) is 5.26 Å². The molecule has 0 atom stereocenters. The molecular formula is C16H21N5. The van der Waals surface area contributed by atoms with Crippen LogP contribution in [0.4, 0.5) is 11.6 Å². The van der Waals surface area contributed by atoms with Gasteiger partial charge in [0.05, 0.1) is 0 Å². The molecule has 1 aromatic carbocycles. The molecule has 5 nitrogen and oxygen atoms in total. The van der Waals surface area contributed by atoms with Gasteiger partial charge in [-0.05, 0) is 24.8 Å². The number of hydrogen-bond acceptors (Lipinski definition) is 4. The molecule has 110 valence electrons. The first-order valence-electron chi connectivity index (χ1n) is 7.30. The minimum Gasteiger partial charge on any atom is -0.383 e. The molecule has 0 fully saturated rings. The second kappa shape index (κ2) is 7.34. The maximum Gasteiger partial charge on any atom is 0.168 e. The lowest BCUT2D eigenvalue weighted by Gasteiger charge is -2.04. The number of nitrogens with one attached hydrogen (secondary N) is 1. The molecule has 1 aromatic heterocycles. The zero-order valence-corrected chi connectivity index (χ0v) is 12.3. The van der Waals surface area contributed by atoms with Gasteiger partial charge in [-0.1, -0.05) is 37.3 Å². The highest BCUT2D eigenvalue weighted by atomic mass is 15.3. The number of hydrogen-bond donors (Lipinski definition) is 2. The van der Waals surface area contributed by atoms with Crippen molar-refractivity contribution in [1.29, 1.82) is 5.26 Å². The Morgan fingerprint density at radius 3 is 2.76 bits per heavy atom. The first kappa shape index (κ1) is 14.9. The summed E-state index contributed by atoms with van der Waals surface area (Å²) in [5.41, 5.74) is 7.75. The Morgan fingerprint density at radius 2 is 2.10 bits per heavy atom. The molecule has 0 spiro atoms. The normalized spacial score (nSPS) is 10.3. The molecule has 2 aromatic rings. The summed E-state index contributed by atoms with van der Waals surface area (Å²) in [5.74, 6) is 1.04. The van der Waals surface area contributed by atoms with Gasteiger partial charge in [0, 0.05) is 13.1 Å². The van der Waals surface area contributed by atoms with E-state index in [1.807, 2.05) is 18.2 Å². The summed E-state index contributed by atoms with van der Waals surface area (Å²) < 4.78 is 1.72. The van der Waals surface area contributed by atoms with Gasteiger partial charge in [-0.3, -0.25) is 0 Å². The van der Waals surface area contributed by atoms with Crippen LogP contribution in [0, 0.1) is 11.3 Å². The fourth-order valence-corrected chi connectivity index (χ4v) is 2.20. The van der Waals surface area contributed by atoms with Gasteiger partial charge >= 0.3 is 0 Å². The number of aryl methyl sites for hydroxylation is 2. The summed E-state index contributed by atoms with van der Waals surface area (Å²) in [5, 5.41) is 16.7. The van der Waals surface area contributed by atoms with Gasteiger partial charge in [0.25, 0.3) is 0 Å². The quantitative estimate of drug-likeness (QED) is 0.819. The second-order valence-corrected chi connectivity index (χ2v) is 4.96. The zero-order valence-electron chi connectivity index (χ0n) is 12.3. The summed E-state index contributed by atoms with van der Waals surface area (Å²) in [4.78, 5) is 0. The van der Waals surface area contributed by atoms with E-state index in [1.54, 1.807) is 4.68 Å². The van der Waals surface area contributed by atoms with E-state index in [2.05, 4.69) is 35.5 Å². The highest BCUT2D eigenvalue weighted by molar-refractivity contribution is 5.63. The number of nitrogens with zero attached hydrogens (tertiary/aromatic N) is 3. The van der Waals surface area contributed by atoms with Crippen LogP contribution in [0.3, 0.4) is 0 Å². The minimum atomic E-state index is 0.447. The predicted molar refractivity (Wildman–Crippen MR) is 84.9 cm³/mol. The zero-order chi connectivity index (χ0) is 15.1. The third-order valence-electron chi connectivity index (χ3n) is 3.32. The number of rotatable bonds is 7. The van der Waals surface area contributed by atoms with Crippen LogP contribution >= 0.6 is 0 Å². The van der Waals surface area contributed by atoms with Crippen LogP contribution < -0.4 is 11.1 Å². The highest BCUT2D eigenvalue weighted by Crippen LogP contribution is 2.21. The van der Waals surface area contributed by atoms with E-state index in [-0.39, 0.29) is 0 Å². The van der Waals surface area contributed by atoms with Crippen LogP contribution in [0.2, 0.25) is 0 Å². The van der Waals surface area contributed by atoms with E-state index in [0.29, 0.717) is 23.7 Å². The van der Waals surface area contributed by atoms with Gasteiger partial charge in [0.2, 0.25) is 0 Å². The summed E-state index contributed by atoms with van der Waals surface area (Å²) >= 11 is 0. The van der Waals surface area contributed by atoms with E-state index in [0.717, 1.165) is 25.8 Å². The van der Waals surface area contributed by atoms with Gasteiger partial charge in [-0.25, -0.2) is 4.68 Å². The molecule has 5 heteroatoms. The molecule has 1 heterocycles. The molecule has 2 rings (SSSR count). The van der Waals surface area contributed by atoms with Crippen LogP contribution in [-0.2, 0) is 13.0 Å². The number of nitrogen functional groups attached to an aromatic ring is 1. The van der Waals surface area contributed by atoms with E-state index < -0.39 is 0 Å². The lowest BCUT2D eigenvalue weighted by Crippen LogP contribution is -2.06. The minimum absolute atomic E-state index is 0.447. The van der Waals surface area contributed by atoms with Gasteiger partial charge in [0.15, 0.2) is 5.82 Å². The van der Waals surface area contributed by atoms with Gasteiger partial charge in [0.1, 0.15) is 17.5 Å². The summed E-state index contributed by atoms with van der Waals surface area (Å²) in [6, 6.07) is 12.4. The molecule has 0 bridgehead atoms. The standard InChI is InChI=1S/C16H21N5/c1-2-10-19-16-14(12-17)15(18)21(20-16)11-6-9-13-7-4-3-5-8-13/h3-5,7-8H,2,6,9-11,18H2,1H3,(H,19,20). The number of aromatic nitrogens is 2. The Labute approximate surface area is 125 Å². The molecule has 21 heavy (non-hydrogen) atoms. The third-order valence-corrected chi connectivity index (χ3v) is 3.32. The van der Waals surface area contributed by atoms with Gasteiger partial charge in [-0.2, -0.15) is 10.4 Å². The van der Waals surface area contributed by atoms with Crippen LogP contribution in [0.15, 0.2) is 30.3 Å². The molecule has 0 amide bonds. The SMILES string of the molecule is CCCNc1nn(CCCc2ccccc2)c(N)c1C#N. The number of nitrogens with two attached hydrogens (primary N) is 1. The molecule has 0 aliphatic rings. The lowest BCUT2D eigenvalue weighted by molar-refractivity contribution is 0.587. The first-order valence-corrected chi connectivity index (χ1v) is 7.30. The van der Waals surface area contributed by atoms with Crippen molar-refractivity contribution in [3.8, 4) is 6.07 Å². The van der Waals surface area contributed by atoms with Crippen molar-refractivity contribution in [3.63, 3.8) is 0 Å². The summed E-state index contributed by atoms with van der Waals surface area (Å²) in [7, 11) is 0. The fourth-order valence-electron chi connectivity index (χ4n) is 2.20. The fraction of sp³-hybridized carbons (Fsp3) is 0.375. The van der Waals surface area contributed by atoms with Gasteiger partial charge in [-0.15, -0.1) is 0 Å². The Hall–Kier alpha value is -2.48. The lowest BCUT2D eigenvalue weighted by atomic mass is 10.1. The molecular weight excluding hydrogens is 262 g/mol.